The Morgan fingerprint density at radius 3 is 2.33 bits per heavy atom. The molecular formula is C32H34N3O6S2+. The molecule has 5 aliphatic rings. The van der Waals surface area contributed by atoms with Gasteiger partial charge in [-0.3, -0.25) is 4.55 Å². The van der Waals surface area contributed by atoms with Gasteiger partial charge < -0.3 is 9.64 Å². The van der Waals surface area contributed by atoms with Crippen LogP contribution in [0.3, 0.4) is 0 Å². The van der Waals surface area contributed by atoms with E-state index in [1.54, 1.807) is 0 Å². The number of ether oxygens (including phenoxy) is 1. The minimum absolute atomic E-state index is 0.195. The van der Waals surface area contributed by atoms with Gasteiger partial charge in [0.25, 0.3) is 10.1 Å². The van der Waals surface area contributed by atoms with Gasteiger partial charge in [-0.2, -0.15) is 8.42 Å². The zero-order valence-corrected chi connectivity index (χ0v) is 25.7. The lowest BCUT2D eigenvalue weighted by Gasteiger charge is -2.39. The predicted molar refractivity (Wildman–Crippen MR) is 163 cm³/mol. The molecule has 3 aromatic carbocycles. The Kier molecular flexibility index (Phi) is 6.11. The second kappa shape index (κ2) is 9.62. The van der Waals surface area contributed by atoms with E-state index in [9.17, 15) is 21.4 Å². The van der Waals surface area contributed by atoms with Crippen molar-refractivity contribution in [2.75, 3.05) is 38.1 Å². The number of rotatable bonds is 4. The van der Waals surface area contributed by atoms with Gasteiger partial charge in [0.05, 0.1) is 15.4 Å². The van der Waals surface area contributed by atoms with E-state index >= 15 is 0 Å². The Morgan fingerprint density at radius 2 is 1.56 bits per heavy atom. The van der Waals surface area contributed by atoms with Gasteiger partial charge in [0.2, 0.25) is 15.4 Å². The summed E-state index contributed by atoms with van der Waals surface area (Å²) in [6.07, 6.45) is 7.74. The number of benzene rings is 3. The summed E-state index contributed by atoms with van der Waals surface area (Å²) in [5.74, 6) is 1.56. The molecule has 0 atom stereocenters. The van der Waals surface area contributed by atoms with Gasteiger partial charge in [-0.15, -0.1) is 0 Å². The van der Waals surface area contributed by atoms with Crippen molar-refractivity contribution in [1.82, 2.24) is 9.30 Å². The summed E-state index contributed by atoms with van der Waals surface area (Å²) in [5.41, 5.74) is 8.04. The third-order valence-electron chi connectivity index (χ3n) is 9.77. The zero-order chi connectivity index (χ0) is 29.7. The predicted octanol–water partition coefficient (Wildman–Crippen LogP) is 2.28. The Hall–Kier alpha value is -3.25. The van der Waals surface area contributed by atoms with E-state index in [0.29, 0.717) is 5.56 Å². The largest absolute Gasteiger partial charge is 0.455 e. The molecule has 0 saturated carbocycles. The normalized spacial score (nSPS) is 18.8. The topological polar surface area (TPSA) is 116 Å². The number of nitrogens with zero attached hydrogens (tertiary/aromatic N) is 2. The smallest absolute Gasteiger partial charge is 0.294 e. The molecule has 8 rings (SSSR count). The van der Waals surface area contributed by atoms with Crippen molar-refractivity contribution >= 4 is 31.4 Å². The summed E-state index contributed by atoms with van der Waals surface area (Å²) >= 11 is 0. The number of hydrogen-bond acceptors (Lipinski definition) is 6. The fraction of sp³-hybridized carbons (Fsp3) is 0.406. The first kappa shape index (κ1) is 27.3. The first-order valence-electron chi connectivity index (χ1n) is 15.1. The summed E-state index contributed by atoms with van der Waals surface area (Å²) in [4.78, 5) is 1.80. The fourth-order valence-electron chi connectivity index (χ4n) is 8.01. The molecule has 11 heteroatoms. The number of nitrogens with one attached hydrogen (secondary N) is 1. The van der Waals surface area contributed by atoms with Gasteiger partial charge in [0, 0.05) is 64.7 Å². The van der Waals surface area contributed by atoms with Gasteiger partial charge in [-0.05, 0) is 75.4 Å². The van der Waals surface area contributed by atoms with Crippen LogP contribution in [0.2, 0.25) is 0 Å². The van der Waals surface area contributed by atoms with Crippen molar-refractivity contribution in [3.05, 3.63) is 74.3 Å². The van der Waals surface area contributed by atoms with E-state index in [2.05, 4.69) is 26.3 Å². The molecule has 9 nitrogen and oxygen atoms in total. The van der Waals surface area contributed by atoms with Gasteiger partial charge in [-0.25, -0.2) is 17.7 Å². The number of anilines is 1. The lowest BCUT2D eigenvalue weighted by molar-refractivity contribution is 0.431. The van der Waals surface area contributed by atoms with E-state index in [1.807, 2.05) is 0 Å². The first-order valence-corrected chi connectivity index (χ1v) is 18.1. The fourth-order valence-corrected chi connectivity index (χ4v) is 9.55. The Balaban J connectivity index is 1.55. The Labute approximate surface area is 251 Å². The lowest BCUT2D eigenvalue weighted by atomic mass is 9.82. The Bertz CT molecular complexity index is 2100. The number of hydrogen-bond donors (Lipinski definition) is 2. The van der Waals surface area contributed by atoms with E-state index in [4.69, 9.17) is 4.74 Å². The molecule has 0 radical (unpaired) electrons. The highest BCUT2D eigenvalue weighted by atomic mass is 32.2. The summed E-state index contributed by atoms with van der Waals surface area (Å²) in [7, 11) is -7.47. The molecule has 5 heterocycles. The SMILES string of the molecule is CNS(=O)(=O)c1cc(S(=O)(=O)O)ccc1C1=c2cc3c4c(c2Oc2c1cc1c5c2CCCN5CCC1)CCC[N+]=4CCC3. The van der Waals surface area contributed by atoms with Crippen LogP contribution in [-0.4, -0.2) is 54.6 Å². The van der Waals surface area contributed by atoms with Crippen molar-refractivity contribution in [2.45, 2.75) is 61.2 Å². The van der Waals surface area contributed by atoms with Crippen LogP contribution in [-0.2, 0) is 45.8 Å². The van der Waals surface area contributed by atoms with Crippen molar-refractivity contribution in [3.8, 4) is 11.5 Å². The third kappa shape index (κ3) is 4.12. The monoisotopic (exact) mass is 620 g/mol. The highest BCUT2D eigenvalue weighted by Gasteiger charge is 2.37. The zero-order valence-electron chi connectivity index (χ0n) is 24.1. The molecule has 0 aliphatic carbocycles. The molecule has 2 N–H and O–H groups in total. The molecule has 0 bridgehead atoms. The summed E-state index contributed by atoms with van der Waals surface area (Å²) in [6, 6.07) is 8.22. The van der Waals surface area contributed by atoms with E-state index in [1.165, 1.54) is 52.5 Å². The van der Waals surface area contributed by atoms with Crippen molar-refractivity contribution in [3.63, 3.8) is 0 Å². The number of aryl methyl sites for hydroxylation is 2. The average Bonchev–Trinajstić information content (AvgIpc) is 3.00. The number of sulfonamides is 1. The summed E-state index contributed by atoms with van der Waals surface area (Å²) in [6.45, 7) is 4.06. The van der Waals surface area contributed by atoms with E-state index < -0.39 is 25.0 Å². The van der Waals surface area contributed by atoms with Gasteiger partial charge in [0.1, 0.15) is 24.6 Å². The molecule has 5 aliphatic heterocycles. The second-order valence-corrected chi connectivity index (χ2v) is 15.5. The highest BCUT2D eigenvalue weighted by molar-refractivity contribution is 7.89. The van der Waals surface area contributed by atoms with Crippen LogP contribution in [0.1, 0.15) is 59.1 Å². The summed E-state index contributed by atoms with van der Waals surface area (Å²) in [5, 5.41) is 2.10. The van der Waals surface area contributed by atoms with Crippen LogP contribution in [0, 0.1) is 0 Å². The first-order chi connectivity index (χ1) is 20.7. The van der Waals surface area contributed by atoms with Crippen molar-refractivity contribution in [1.29, 1.82) is 0 Å². The maximum absolute atomic E-state index is 13.5. The van der Waals surface area contributed by atoms with E-state index in [-0.39, 0.29) is 4.90 Å². The maximum atomic E-state index is 13.5. The van der Waals surface area contributed by atoms with Gasteiger partial charge in [-0.1, -0.05) is 6.07 Å². The van der Waals surface area contributed by atoms with E-state index in [0.717, 1.165) is 111 Å². The Morgan fingerprint density at radius 1 is 0.837 bits per heavy atom. The quantitative estimate of drug-likeness (QED) is 0.266. The molecule has 0 unspecified atom stereocenters. The molecule has 224 valence electrons. The third-order valence-corrected chi connectivity index (χ3v) is 12.1. The van der Waals surface area contributed by atoms with Crippen LogP contribution >= 0.6 is 0 Å². The van der Waals surface area contributed by atoms with Crippen LogP contribution < -0.4 is 29.5 Å². The van der Waals surface area contributed by atoms with Crippen LogP contribution in [0.4, 0.5) is 5.69 Å². The standard InChI is InChI=1S/C32H33N3O6S2/c1-33-42(36,37)27-18-21(43(38,39)40)10-11-22(27)28-25-16-19-6-2-12-34-14-4-8-23(29(19)34)31(25)41-32-24-9-5-15-35-13-3-7-20(30(24)35)17-26(28)32/h10-11,16-18,33H,2-9,12-15H2,1H3/p+1. The van der Waals surface area contributed by atoms with Crippen molar-refractivity contribution in [2.24, 2.45) is 0 Å². The molecular weight excluding hydrogens is 587 g/mol. The lowest BCUT2D eigenvalue weighted by Crippen LogP contribution is -2.45. The van der Waals surface area contributed by atoms with Crippen LogP contribution in [0.15, 0.2) is 40.1 Å². The minimum atomic E-state index is -4.64. The minimum Gasteiger partial charge on any atom is -0.455 e. The highest BCUT2D eigenvalue weighted by Crippen LogP contribution is 2.49. The number of fused-ring (bicyclic) bond motifs is 4. The van der Waals surface area contributed by atoms with Crippen LogP contribution in [0.25, 0.3) is 5.57 Å². The molecule has 0 fully saturated rings. The van der Waals surface area contributed by atoms with Gasteiger partial charge in [0.15, 0.2) is 0 Å². The second-order valence-electron chi connectivity index (χ2n) is 12.2. The maximum Gasteiger partial charge on any atom is 0.294 e. The molecule has 43 heavy (non-hydrogen) atoms. The van der Waals surface area contributed by atoms with Gasteiger partial charge >= 0.3 is 0 Å². The molecule has 0 saturated heterocycles. The molecule has 0 aromatic heterocycles. The molecule has 0 amide bonds. The molecule has 0 spiro atoms. The molecule has 3 aromatic rings. The van der Waals surface area contributed by atoms with Crippen LogP contribution in [0.5, 0.6) is 11.5 Å². The van der Waals surface area contributed by atoms with Crippen molar-refractivity contribution < 1.29 is 26.1 Å². The average molecular weight is 621 g/mol. The summed E-state index contributed by atoms with van der Waals surface area (Å²) < 4.78 is 73.1.